The molecule has 1 heterocycles. The molecule has 5 heteroatoms. The van der Waals surface area contributed by atoms with Crippen molar-refractivity contribution >= 4 is 5.78 Å². The molecule has 3 N–H and O–H groups in total. The highest BCUT2D eigenvalue weighted by Crippen LogP contribution is 2.62. The summed E-state index contributed by atoms with van der Waals surface area (Å²) in [4.78, 5) is 13.0. The number of Topliss-reactive ketones (excluding diaryl/α,β-unsaturated/α-hetero) is 1. The van der Waals surface area contributed by atoms with Gasteiger partial charge in [0.1, 0.15) is 12.2 Å². The maximum Gasteiger partial charge on any atom is 0.168 e. The van der Waals surface area contributed by atoms with Crippen LogP contribution in [-0.4, -0.2) is 51.1 Å². The molecule has 0 aromatic carbocycles. The summed E-state index contributed by atoms with van der Waals surface area (Å²) in [5, 5.41) is 31.1. The summed E-state index contributed by atoms with van der Waals surface area (Å²) in [6, 6.07) is 0. The number of ether oxygens (including phenoxy) is 1. The third-order valence-corrected chi connectivity index (χ3v) is 7.72. The van der Waals surface area contributed by atoms with Gasteiger partial charge < -0.3 is 20.1 Å². The average Bonchev–Trinajstić information content (AvgIpc) is 3.14. The van der Waals surface area contributed by atoms with Crippen LogP contribution in [0.5, 0.6) is 0 Å². The minimum atomic E-state index is -1.43. The quantitative estimate of drug-likeness (QED) is 0.672. The van der Waals surface area contributed by atoms with Gasteiger partial charge in [0.15, 0.2) is 5.78 Å². The molecular weight excluding hydrogens is 320 g/mol. The number of aliphatic hydroxyl groups excluding tert-OH is 2. The first-order valence-corrected chi connectivity index (χ1v) is 9.63. The molecule has 144 valence electrons. The molecule has 5 nitrogen and oxygen atoms in total. The minimum absolute atomic E-state index is 0.00555. The first-order chi connectivity index (χ1) is 11.4. The number of hydrogen-bond donors (Lipinski definition) is 3. The van der Waals surface area contributed by atoms with Gasteiger partial charge in [0.05, 0.1) is 17.8 Å². The van der Waals surface area contributed by atoms with E-state index in [2.05, 4.69) is 20.8 Å². The fourth-order valence-corrected chi connectivity index (χ4v) is 6.29. The molecule has 7 atom stereocenters. The molecule has 25 heavy (non-hydrogen) atoms. The zero-order valence-corrected chi connectivity index (χ0v) is 16.2. The van der Waals surface area contributed by atoms with Crippen molar-refractivity contribution in [3.05, 3.63) is 0 Å². The molecule has 0 radical (unpaired) electrons. The number of ketones is 1. The van der Waals surface area contributed by atoms with Crippen molar-refractivity contribution < 1.29 is 24.9 Å². The largest absolute Gasteiger partial charge is 0.394 e. The van der Waals surface area contributed by atoms with E-state index in [-0.39, 0.29) is 46.8 Å². The fourth-order valence-electron chi connectivity index (χ4n) is 6.29. The van der Waals surface area contributed by atoms with Crippen LogP contribution in [0, 0.1) is 22.7 Å². The molecule has 2 saturated carbocycles. The highest BCUT2D eigenvalue weighted by molar-refractivity contribution is 5.89. The number of rotatable bonds is 4. The summed E-state index contributed by atoms with van der Waals surface area (Å²) in [6.07, 6.45) is 2.79. The van der Waals surface area contributed by atoms with Crippen LogP contribution in [0.3, 0.4) is 0 Å². The number of aliphatic hydroxyl groups is 3. The van der Waals surface area contributed by atoms with E-state index in [1.807, 2.05) is 6.92 Å². The fraction of sp³-hybridized carbons (Fsp3) is 0.950. The smallest absolute Gasteiger partial charge is 0.168 e. The lowest BCUT2D eigenvalue weighted by molar-refractivity contribution is -0.213. The van der Waals surface area contributed by atoms with Crippen LogP contribution in [0.1, 0.15) is 66.7 Å². The summed E-state index contributed by atoms with van der Waals surface area (Å²) in [7, 11) is 0. The zero-order valence-electron chi connectivity index (χ0n) is 16.2. The molecule has 3 fully saturated rings. The van der Waals surface area contributed by atoms with Crippen molar-refractivity contribution in [1.82, 2.24) is 0 Å². The Kier molecular flexibility index (Phi) is 4.43. The SMILES string of the molecule is CC1(C)CCC[C@@]2(C)[C@H]1C(=O)[C@@H](O)[C@@](C)(O)[C@@H]2CC[C@]1(C)O[C@H]1CO. The highest BCUT2D eigenvalue weighted by Gasteiger charge is 2.65. The van der Waals surface area contributed by atoms with Gasteiger partial charge in [-0.2, -0.15) is 0 Å². The number of hydrogen-bond acceptors (Lipinski definition) is 5. The molecule has 1 aliphatic heterocycles. The standard InChI is InChI=1S/C20H34O5/c1-17(2)8-6-9-18(3)12(7-10-19(4)13(11-21)25-19)20(5,24)16(23)14(22)15(17)18/h12-13,15-16,21,23-24H,6-11H2,1-5H3/t12-,13+,15+,16-,18-,19+,20+/m1/s1. The van der Waals surface area contributed by atoms with Crippen LogP contribution in [0.15, 0.2) is 0 Å². The maximum atomic E-state index is 13.0. The lowest BCUT2D eigenvalue weighted by Gasteiger charge is -2.61. The Labute approximate surface area is 150 Å². The minimum Gasteiger partial charge on any atom is -0.394 e. The number of fused-ring (bicyclic) bond motifs is 1. The number of carbonyl (C=O) groups is 1. The van der Waals surface area contributed by atoms with E-state index in [0.717, 1.165) is 19.3 Å². The van der Waals surface area contributed by atoms with Crippen molar-refractivity contribution in [3.8, 4) is 0 Å². The van der Waals surface area contributed by atoms with Gasteiger partial charge in [0, 0.05) is 5.92 Å². The van der Waals surface area contributed by atoms with Gasteiger partial charge in [-0.1, -0.05) is 27.2 Å². The van der Waals surface area contributed by atoms with E-state index >= 15 is 0 Å². The van der Waals surface area contributed by atoms with E-state index in [1.165, 1.54) is 0 Å². The second-order valence-corrected chi connectivity index (χ2v) is 10.0. The maximum absolute atomic E-state index is 13.0. The Morgan fingerprint density at radius 1 is 1.16 bits per heavy atom. The van der Waals surface area contributed by atoms with Gasteiger partial charge in [-0.25, -0.2) is 0 Å². The van der Waals surface area contributed by atoms with Gasteiger partial charge >= 0.3 is 0 Å². The predicted molar refractivity (Wildman–Crippen MR) is 94.0 cm³/mol. The third-order valence-electron chi connectivity index (χ3n) is 7.72. The molecule has 1 saturated heterocycles. The second-order valence-electron chi connectivity index (χ2n) is 10.0. The lowest BCUT2D eigenvalue weighted by Crippen LogP contribution is -2.68. The molecule has 0 unspecified atom stereocenters. The van der Waals surface area contributed by atoms with Crippen molar-refractivity contribution in [3.63, 3.8) is 0 Å². The number of epoxide rings is 1. The van der Waals surface area contributed by atoms with E-state index in [0.29, 0.717) is 12.8 Å². The van der Waals surface area contributed by atoms with Gasteiger partial charge in [-0.3, -0.25) is 4.79 Å². The van der Waals surface area contributed by atoms with Crippen molar-refractivity contribution in [2.45, 2.75) is 90.1 Å². The van der Waals surface area contributed by atoms with Gasteiger partial charge in [0.2, 0.25) is 0 Å². The highest BCUT2D eigenvalue weighted by atomic mass is 16.6. The molecular formula is C20H34O5. The summed E-state index contributed by atoms with van der Waals surface area (Å²) < 4.78 is 5.61. The molecule has 0 aromatic heterocycles. The monoisotopic (exact) mass is 354 g/mol. The van der Waals surface area contributed by atoms with E-state index in [1.54, 1.807) is 6.92 Å². The molecule has 3 aliphatic rings. The van der Waals surface area contributed by atoms with Crippen LogP contribution in [0.25, 0.3) is 0 Å². The van der Waals surface area contributed by atoms with Gasteiger partial charge in [0.25, 0.3) is 0 Å². The zero-order chi connectivity index (χ0) is 18.8. The topological polar surface area (TPSA) is 90.3 Å². The molecule has 0 amide bonds. The van der Waals surface area contributed by atoms with Crippen LogP contribution in [0.2, 0.25) is 0 Å². The molecule has 0 bridgehead atoms. The normalized spacial score (nSPS) is 51.9. The summed E-state index contributed by atoms with van der Waals surface area (Å²) in [6.45, 7) is 9.96. The van der Waals surface area contributed by atoms with Crippen LogP contribution < -0.4 is 0 Å². The number of carbonyl (C=O) groups excluding carboxylic acids is 1. The first kappa shape index (κ1) is 19.3. The van der Waals surface area contributed by atoms with Gasteiger partial charge in [-0.05, 0) is 56.3 Å². The van der Waals surface area contributed by atoms with Crippen molar-refractivity contribution in [1.29, 1.82) is 0 Å². The van der Waals surface area contributed by atoms with Crippen LogP contribution >= 0.6 is 0 Å². The Hall–Kier alpha value is -0.490. The summed E-state index contributed by atoms with van der Waals surface area (Å²) >= 11 is 0. The predicted octanol–water partition coefficient (Wildman–Crippen LogP) is 2.06. The van der Waals surface area contributed by atoms with Crippen LogP contribution in [-0.2, 0) is 9.53 Å². The Morgan fingerprint density at radius 2 is 1.80 bits per heavy atom. The second kappa shape index (κ2) is 5.75. The molecule has 0 aromatic rings. The Morgan fingerprint density at radius 3 is 2.36 bits per heavy atom. The average molecular weight is 354 g/mol. The van der Waals surface area contributed by atoms with E-state index < -0.39 is 11.7 Å². The Bertz CT molecular complexity index is 556. The van der Waals surface area contributed by atoms with Crippen molar-refractivity contribution in [2.75, 3.05) is 6.61 Å². The molecule has 3 rings (SSSR count). The first-order valence-electron chi connectivity index (χ1n) is 9.63. The van der Waals surface area contributed by atoms with E-state index in [9.17, 15) is 20.1 Å². The molecule has 0 spiro atoms. The molecule has 2 aliphatic carbocycles. The van der Waals surface area contributed by atoms with Crippen LogP contribution in [0.4, 0.5) is 0 Å². The lowest BCUT2D eigenvalue weighted by atomic mass is 9.44. The van der Waals surface area contributed by atoms with Crippen molar-refractivity contribution in [2.24, 2.45) is 22.7 Å². The summed E-state index contributed by atoms with van der Waals surface area (Å²) in [5.41, 5.74) is -2.29. The third kappa shape index (κ3) is 2.78. The van der Waals surface area contributed by atoms with Gasteiger partial charge in [-0.15, -0.1) is 0 Å². The summed E-state index contributed by atoms with van der Waals surface area (Å²) in [5.74, 6) is -0.622. The van der Waals surface area contributed by atoms with E-state index in [4.69, 9.17) is 4.74 Å². The Balaban J connectivity index is 1.92.